The second-order valence-corrected chi connectivity index (χ2v) is 5.30. The molecule has 0 spiro atoms. The molecule has 19 heavy (non-hydrogen) atoms. The summed E-state index contributed by atoms with van der Waals surface area (Å²) in [6.45, 7) is 0.831. The smallest absolute Gasteiger partial charge is 0.173 e. The number of carbonyl (C=O) groups excluding carboxylic acids is 1. The lowest BCUT2D eigenvalue weighted by atomic mass is 10.0. The first-order valence-corrected chi connectivity index (χ1v) is 7.31. The highest BCUT2D eigenvalue weighted by atomic mass is 35.5. The zero-order valence-corrected chi connectivity index (χ0v) is 12.4. The molecular weight excluding hydrogens is 310 g/mol. The summed E-state index contributed by atoms with van der Waals surface area (Å²) in [5.74, 6) is 1.31. The Hall–Kier alpha value is -0.640. The van der Waals surface area contributed by atoms with Gasteiger partial charge in [0.05, 0.1) is 15.6 Å². The Balaban J connectivity index is 2.32. The molecule has 104 valence electrons. The molecular formula is C13H13Cl3O3. The summed E-state index contributed by atoms with van der Waals surface area (Å²) >= 11 is 17.7. The van der Waals surface area contributed by atoms with Gasteiger partial charge in [-0.1, -0.05) is 23.2 Å². The van der Waals surface area contributed by atoms with Crippen LogP contribution in [-0.2, 0) is 0 Å². The maximum atomic E-state index is 12.2. The van der Waals surface area contributed by atoms with Crippen LogP contribution in [-0.4, -0.2) is 24.9 Å². The van der Waals surface area contributed by atoms with Crippen molar-refractivity contribution in [3.8, 4) is 11.5 Å². The van der Waals surface area contributed by atoms with Gasteiger partial charge in [-0.05, 0) is 12.8 Å². The van der Waals surface area contributed by atoms with Crippen molar-refractivity contribution >= 4 is 40.6 Å². The van der Waals surface area contributed by atoms with Crippen LogP contribution >= 0.6 is 34.8 Å². The first kappa shape index (κ1) is 14.8. The van der Waals surface area contributed by atoms with Gasteiger partial charge in [0.15, 0.2) is 17.3 Å². The van der Waals surface area contributed by atoms with Gasteiger partial charge in [0.2, 0.25) is 0 Å². The molecule has 6 heteroatoms. The fourth-order valence-electron chi connectivity index (χ4n) is 1.89. The average Bonchev–Trinajstić information content (AvgIpc) is 2.40. The standard InChI is InChI=1S/C13H13Cl3O3/c14-4-2-1-3-9(17)11-12(16)8(15)7-10-13(11)19-6-5-18-10/h7H,1-6H2. The lowest BCUT2D eigenvalue weighted by Crippen LogP contribution is -2.18. The summed E-state index contributed by atoms with van der Waals surface area (Å²) in [6.07, 6.45) is 1.86. The van der Waals surface area contributed by atoms with Gasteiger partial charge in [-0.2, -0.15) is 0 Å². The second kappa shape index (κ2) is 6.69. The van der Waals surface area contributed by atoms with Crippen molar-refractivity contribution in [1.82, 2.24) is 0 Å². The maximum Gasteiger partial charge on any atom is 0.173 e. The molecule has 0 radical (unpaired) electrons. The molecule has 0 fully saturated rings. The molecule has 0 bridgehead atoms. The normalized spacial score (nSPS) is 13.4. The van der Waals surface area contributed by atoms with E-state index in [2.05, 4.69) is 0 Å². The minimum Gasteiger partial charge on any atom is -0.486 e. The predicted molar refractivity (Wildman–Crippen MR) is 76.4 cm³/mol. The van der Waals surface area contributed by atoms with Crippen LogP contribution in [0, 0.1) is 0 Å². The number of ketones is 1. The number of hydrogen-bond acceptors (Lipinski definition) is 3. The molecule has 1 heterocycles. The average molecular weight is 324 g/mol. The van der Waals surface area contributed by atoms with Crippen LogP contribution in [0.25, 0.3) is 0 Å². The lowest BCUT2D eigenvalue weighted by Gasteiger charge is -2.22. The van der Waals surface area contributed by atoms with Crippen molar-refractivity contribution in [2.45, 2.75) is 19.3 Å². The third kappa shape index (κ3) is 3.28. The Labute approximate surface area is 126 Å². The van der Waals surface area contributed by atoms with E-state index in [0.29, 0.717) is 54.0 Å². The quantitative estimate of drug-likeness (QED) is 0.459. The minimum atomic E-state index is -0.0978. The number of halogens is 3. The molecule has 1 aliphatic rings. The molecule has 1 aromatic carbocycles. The van der Waals surface area contributed by atoms with E-state index in [9.17, 15) is 4.79 Å². The zero-order valence-electron chi connectivity index (χ0n) is 10.2. The minimum absolute atomic E-state index is 0.0978. The van der Waals surface area contributed by atoms with Crippen molar-refractivity contribution in [2.24, 2.45) is 0 Å². The van der Waals surface area contributed by atoms with Crippen molar-refractivity contribution in [1.29, 1.82) is 0 Å². The predicted octanol–water partition coefficient (Wildman–Crippen LogP) is 4.36. The van der Waals surface area contributed by atoms with Gasteiger partial charge in [-0.3, -0.25) is 4.79 Å². The first-order valence-electron chi connectivity index (χ1n) is 6.02. The fraction of sp³-hybridized carbons (Fsp3) is 0.462. The monoisotopic (exact) mass is 322 g/mol. The molecule has 1 aromatic rings. The van der Waals surface area contributed by atoms with Crippen LogP contribution in [0.2, 0.25) is 10.0 Å². The number of carbonyl (C=O) groups is 1. The van der Waals surface area contributed by atoms with Crippen LogP contribution in [0.4, 0.5) is 0 Å². The number of Topliss-reactive ketones (excluding diaryl/α,β-unsaturated/α-hetero) is 1. The van der Waals surface area contributed by atoms with Gasteiger partial charge < -0.3 is 9.47 Å². The van der Waals surface area contributed by atoms with Gasteiger partial charge in [-0.25, -0.2) is 0 Å². The first-order chi connectivity index (χ1) is 9.15. The summed E-state index contributed by atoms with van der Waals surface area (Å²) in [5, 5.41) is 0.522. The van der Waals surface area contributed by atoms with Crippen molar-refractivity contribution in [3.63, 3.8) is 0 Å². The van der Waals surface area contributed by atoms with E-state index < -0.39 is 0 Å². The molecule has 0 unspecified atom stereocenters. The van der Waals surface area contributed by atoms with E-state index in [1.165, 1.54) is 0 Å². The van der Waals surface area contributed by atoms with Crippen LogP contribution in [0.1, 0.15) is 29.6 Å². The number of hydrogen-bond donors (Lipinski definition) is 0. The Bertz CT molecular complexity index is 489. The Morgan fingerprint density at radius 2 is 1.95 bits per heavy atom. The van der Waals surface area contributed by atoms with Gasteiger partial charge in [0.1, 0.15) is 13.2 Å². The third-order valence-electron chi connectivity index (χ3n) is 2.79. The maximum absolute atomic E-state index is 12.2. The zero-order chi connectivity index (χ0) is 13.8. The SMILES string of the molecule is O=C(CCCCCl)c1c(Cl)c(Cl)cc2c1OCCO2. The molecule has 0 aromatic heterocycles. The Morgan fingerprint density at radius 1 is 1.21 bits per heavy atom. The van der Waals surface area contributed by atoms with E-state index >= 15 is 0 Å². The number of alkyl halides is 1. The van der Waals surface area contributed by atoms with Crippen molar-refractivity contribution in [2.75, 3.05) is 19.1 Å². The van der Waals surface area contributed by atoms with Gasteiger partial charge in [0, 0.05) is 18.4 Å². The molecule has 0 aliphatic carbocycles. The summed E-state index contributed by atoms with van der Waals surface area (Å²) < 4.78 is 10.9. The van der Waals surface area contributed by atoms with E-state index in [1.54, 1.807) is 6.07 Å². The molecule has 0 saturated carbocycles. The van der Waals surface area contributed by atoms with Gasteiger partial charge >= 0.3 is 0 Å². The number of unbranched alkanes of at least 4 members (excludes halogenated alkanes) is 1. The molecule has 0 atom stereocenters. The summed E-state index contributed by atoms with van der Waals surface area (Å²) in [7, 11) is 0. The van der Waals surface area contributed by atoms with E-state index in [0.717, 1.165) is 6.42 Å². The highest BCUT2D eigenvalue weighted by Crippen LogP contribution is 2.43. The molecule has 1 aliphatic heterocycles. The number of rotatable bonds is 5. The summed E-state index contributed by atoms with van der Waals surface area (Å²) in [5.41, 5.74) is 0.318. The molecule has 2 rings (SSSR count). The largest absolute Gasteiger partial charge is 0.486 e. The topological polar surface area (TPSA) is 35.5 Å². The van der Waals surface area contributed by atoms with Crippen molar-refractivity contribution in [3.05, 3.63) is 21.7 Å². The van der Waals surface area contributed by atoms with E-state index in [-0.39, 0.29) is 10.8 Å². The van der Waals surface area contributed by atoms with Crippen LogP contribution < -0.4 is 9.47 Å². The van der Waals surface area contributed by atoms with Gasteiger partial charge in [0.25, 0.3) is 0 Å². The van der Waals surface area contributed by atoms with Gasteiger partial charge in [-0.15, -0.1) is 11.6 Å². The van der Waals surface area contributed by atoms with E-state index in [4.69, 9.17) is 44.3 Å². The van der Waals surface area contributed by atoms with Crippen molar-refractivity contribution < 1.29 is 14.3 Å². The second-order valence-electron chi connectivity index (χ2n) is 4.14. The summed E-state index contributed by atoms with van der Waals surface area (Å²) in [6, 6.07) is 1.58. The molecule has 0 saturated heterocycles. The van der Waals surface area contributed by atoms with Crippen LogP contribution in [0.5, 0.6) is 11.5 Å². The Morgan fingerprint density at radius 3 is 2.68 bits per heavy atom. The lowest BCUT2D eigenvalue weighted by molar-refractivity contribution is 0.0969. The summed E-state index contributed by atoms with van der Waals surface area (Å²) in [4.78, 5) is 12.2. The molecule has 0 amide bonds. The molecule has 0 N–H and O–H groups in total. The van der Waals surface area contributed by atoms with Crippen LogP contribution in [0.3, 0.4) is 0 Å². The number of fused-ring (bicyclic) bond motifs is 1. The fourth-order valence-corrected chi connectivity index (χ4v) is 2.51. The molecule has 3 nitrogen and oxygen atoms in total. The number of benzene rings is 1. The Kier molecular flexibility index (Phi) is 5.20. The highest BCUT2D eigenvalue weighted by molar-refractivity contribution is 6.44. The number of ether oxygens (including phenoxy) is 2. The van der Waals surface area contributed by atoms with Crippen LogP contribution in [0.15, 0.2) is 6.07 Å². The van der Waals surface area contributed by atoms with E-state index in [1.807, 2.05) is 0 Å². The third-order valence-corrected chi connectivity index (χ3v) is 3.85. The highest BCUT2D eigenvalue weighted by Gasteiger charge is 2.25.